The number of H-pyrrole nitrogens is 1. The zero-order valence-electron chi connectivity index (χ0n) is 10.4. The van der Waals surface area contributed by atoms with E-state index in [-0.39, 0.29) is 12.5 Å². The zero-order chi connectivity index (χ0) is 12.8. The number of aromatic nitrogens is 2. The number of hydrogen-bond acceptors (Lipinski definition) is 4. The Morgan fingerprint density at radius 2 is 2.29 bits per heavy atom. The summed E-state index contributed by atoms with van der Waals surface area (Å²) < 4.78 is 4.79. The van der Waals surface area contributed by atoms with Crippen LogP contribution in [0.3, 0.4) is 0 Å². The van der Waals surface area contributed by atoms with Crippen LogP contribution in [0, 0.1) is 13.8 Å². The minimum absolute atomic E-state index is 0.168. The highest BCUT2D eigenvalue weighted by Crippen LogP contribution is 2.08. The molecule has 0 aliphatic carbocycles. The highest BCUT2D eigenvalue weighted by Gasteiger charge is 2.14. The maximum atomic E-state index is 11.8. The Morgan fingerprint density at radius 1 is 1.59 bits per heavy atom. The second-order valence-electron chi connectivity index (χ2n) is 3.96. The number of amides is 1. The van der Waals surface area contributed by atoms with Crippen LogP contribution in [-0.2, 0) is 4.74 Å². The van der Waals surface area contributed by atoms with Crippen molar-refractivity contribution in [3.05, 3.63) is 17.0 Å². The van der Waals surface area contributed by atoms with Gasteiger partial charge in [-0.15, -0.1) is 0 Å². The van der Waals surface area contributed by atoms with Crippen molar-refractivity contribution >= 4 is 5.91 Å². The van der Waals surface area contributed by atoms with Crippen LogP contribution in [-0.4, -0.2) is 47.6 Å². The lowest BCUT2D eigenvalue weighted by Gasteiger charge is -2.10. The summed E-state index contributed by atoms with van der Waals surface area (Å²) in [6.45, 7) is 4.26. The molecule has 0 radical (unpaired) electrons. The standard InChI is InChI=1S/C11H19N3O3/c1-7-10(8(2)14-13-7)11(16)12-5-4-9(15)6-17-3/h9,15H,4-6H2,1-3H3,(H,12,16)(H,13,14). The number of nitrogens with zero attached hydrogens (tertiary/aromatic N) is 1. The van der Waals surface area contributed by atoms with Crippen LogP contribution in [0.2, 0.25) is 0 Å². The lowest BCUT2D eigenvalue weighted by molar-refractivity contribution is 0.0587. The second-order valence-corrected chi connectivity index (χ2v) is 3.96. The van der Waals surface area contributed by atoms with Crippen LogP contribution >= 0.6 is 0 Å². The van der Waals surface area contributed by atoms with Gasteiger partial charge in [-0.05, 0) is 20.3 Å². The number of hydrogen-bond donors (Lipinski definition) is 3. The minimum Gasteiger partial charge on any atom is -0.391 e. The van der Waals surface area contributed by atoms with Crippen molar-refractivity contribution in [3.8, 4) is 0 Å². The molecule has 0 aliphatic heterocycles. The predicted molar refractivity (Wildman–Crippen MR) is 62.9 cm³/mol. The summed E-state index contributed by atoms with van der Waals surface area (Å²) >= 11 is 0. The molecule has 6 nitrogen and oxygen atoms in total. The SMILES string of the molecule is COCC(O)CCNC(=O)c1c(C)n[nH]c1C. The number of aliphatic hydroxyl groups is 1. The second kappa shape index (κ2) is 6.36. The average Bonchev–Trinajstić information content (AvgIpc) is 2.59. The molecule has 0 fully saturated rings. The highest BCUT2D eigenvalue weighted by atomic mass is 16.5. The summed E-state index contributed by atoms with van der Waals surface area (Å²) in [4.78, 5) is 11.8. The van der Waals surface area contributed by atoms with Crippen molar-refractivity contribution < 1.29 is 14.6 Å². The van der Waals surface area contributed by atoms with E-state index in [0.717, 1.165) is 5.69 Å². The van der Waals surface area contributed by atoms with E-state index in [0.29, 0.717) is 24.2 Å². The van der Waals surface area contributed by atoms with Gasteiger partial charge in [0.15, 0.2) is 0 Å². The summed E-state index contributed by atoms with van der Waals surface area (Å²) in [6, 6.07) is 0. The lowest BCUT2D eigenvalue weighted by atomic mass is 10.2. The quantitative estimate of drug-likeness (QED) is 0.661. The van der Waals surface area contributed by atoms with E-state index in [1.54, 1.807) is 13.8 Å². The molecule has 0 saturated heterocycles. The Hall–Kier alpha value is -1.40. The summed E-state index contributed by atoms with van der Waals surface area (Å²) in [5.41, 5.74) is 2.00. The van der Waals surface area contributed by atoms with Gasteiger partial charge in [0.2, 0.25) is 0 Å². The van der Waals surface area contributed by atoms with Crippen molar-refractivity contribution in [2.45, 2.75) is 26.4 Å². The summed E-state index contributed by atoms with van der Waals surface area (Å²) in [5.74, 6) is -0.168. The summed E-state index contributed by atoms with van der Waals surface area (Å²) in [6.07, 6.45) is -0.0814. The van der Waals surface area contributed by atoms with Crippen LogP contribution in [0.5, 0.6) is 0 Å². The molecular weight excluding hydrogens is 222 g/mol. The number of aromatic amines is 1. The third-order valence-corrected chi connectivity index (χ3v) is 2.48. The summed E-state index contributed by atoms with van der Waals surface area (Å²) in [7, 11) is 1.53. The molecule has 17 heavy (non-hydrogen) atoms. The molecule has 0 aromatic carbocycles. The maximum absolute atomic E-state index is 11.8. The van der Waals surface area contributed by atoms with Crippen molar-refractivity contribution in [2.24, 2.45) is 0 Å². The van der Waals surface area contributed by atoms with E-state index in [2.05, 4.69) is 15.5 Å². The van der Waals surface area contributed by atoms with Crippen LogP contribution < -0.4 is 5.32 Å². The molecule has 0 spiro atoms. The topological polar surface area (TPSA) is 87.2 Å². The first-order chi connectivity index (χ1) is 8.06. The predicted octanol–water partition coefficient (Wildman–Crippen LogP) is 0.154. The van der Waals surface area contributed by atoms with Crippen LogP contribution in [0.15, 0.2) is 0 Å². The number of methoxy groups -OCH3 is 1. The van der Waals surface area contributed by atoms with E-state index >= 15 is 0 Å². The fourth-order valence-electron chi connectivity index (χ4n) is 1.60. The Morgan fingerprint density at radius 3 is 2.82 bits per heavy atom. The molecule has 1 amide bonds. The molecule has 0 aliphatic rings. The average molecular weight is 241 g/mol. The number of aliphatic hydroxyl groups excluding tert-OH is 1. The minimum atomic E-state index is -0.549. The van der Waals surface area contributed by atoms with Gasteiger partial charge < -0.3 is 15.2 Å². The van der Waals surface area contributed by atoms with E-state index in [1.165, 1.54) is 7.11 Å². The van der Waals surface area contributed by atoms with E-state index in [4.69, 9.17) is 4.74 Å². The molecule has 1 rings (SSSR count). The van der Waals surface area contributed by atoms with Gasteiger partial charge in [-0.2, -0.15) is 5.10 Å². The van der Waals surface area contributed by atoms with Crippen molar-refractivity contribution in [3.63, 3.8) is 0 Å². The molecule has 6 heteroatoms. The van der Waals surface area contributed by atoms with Crippen LogP contribution in [0.1, 0.15) is 28.2 Å². The molecule has 0 bridgehead atoms. The normalized spacial score (nSPS) is 12.5. The first-order valence-corrected chi connectivity index (χ1v) is 5.53. The number of aryl methyl sites for hydroxylation is 2. The first-order valence-electron chi connectivity index (χ1n) is 5.53. The number of carbonyl (C=O) groups excluding carboxylic acids is 1. The summed E-state index contributed by atoms with van der Waals surface area (Å²) in [5, 5.41) is 18.9. The highest BCUT2D eigenvalue weighted by molar-refractivity contribution is 5.96. The van der Waals surface area contributed by atoms with E-state index in [1.807, 2.05) is 0 Å². The van der Waals surface area contributed by atoms with Crippen LogP contribution in [0.4, 0.5) is 0 Å². The smallest absolute Gasteiger partial charge is 0.255 e. The van der Waals surface area contributed by atoms with Gasteiger partial charge in [0, 0.05) is 19.3 Å². The molecule has 3 N–H and O–H groups in total. The number of carbonyl (C=O) groups is 1. The Balaban J connectivity index is 2.40. The number of ether oxygens (including phenoxy) is 1. The largest absolute Gasteiger partial charge is 0.391 e. The molecule has 1 atom stereocenters. The first kappa shape index (κ1) is 13.7. The van der Waals surface area contributed by atoms with Crippen molar-refractivity contribution in [2.75, 3.05) is 20.3 Å². The molecule has 96 valence electrons. The van der Waals surface area contributed by atoms with Gasteiger partial charge in [-0.3, -0.25) is 9.89 Å². The molecular formula is C11H19N3O3. The fraction of sp³-hybridized carbons (Fsp3) is 0.636. The number of nitrogens with one attached hydrogen (secondary N) is 2. The molecule has 0 saturated carbocycles. The molecule has 1 heterocycles. The Bertz CT molecular complexity index is 357. The van der Waals surface area contributed by atoms with Gasteiger partial charge in [0.05, 0.1) is 24.0 Å². The van der Waals surface area contributed by atoms with E-state index < -0.39 is 6.10 Å². The monoisotopic (exact) mass is 241 g/mol. The van der Waals surface area contributed by atoms with Crippen molar-refractivity contribution in [1.82, 2.24) is 15.5 Å². The lowest BCUT2D eigenvalue weighted by Crippen LogP contribution is -2.29. The Kier molecular flexibility index (Phi) is 5.11. The van der Waals surface area contributed by atoms with Gasteiger partial charge in [-0.1, -0.05) is 0 Å². The maximum Gasteiger partial charge on any atom is 0.255 e. The third-order valence-electron chi connectivity index (χ3n) is 2.48. The van der Waals surface area contributed by atoms with Gasteiger partial charge in [0.1, 0.15) is 0 Å². The fourth-order valence-corrected chi connectivity index (χ4v) is 1.60. The Labute approximate surface area is 100 Å². The number of rotatable bonds is 6. The van der Waals surface area contributed by atoms with Crippen molar-refractivity contribution in [1.29, 1.82) is 0 Å². The van der Waals surface area contributed by atoms with E-state index in [9.17, 15) is 9.90 Å². The zero-order valence-corrected chi connectivity index (χ0v) is 10.4. The van der Waals surface area contributed by atoms with Gasteiger partial charge in [-0.25, -0.2) is 0 Å². The third kappa shape index (κ3) is 3.83. The molecule has 1 aromatic rings. The molecule has 1 unspecified atom stereocenters. The van der Waals surface area contributed by atoms with Crippen LogP contribution in [0.25, 0.3) is 0 Å². The molecule has 1 aromatic heterocycles. The van der Waals surface area contributed by atoms with Gasteiger partial charge in [0.25, 0.3) is 5.91 Å². The van der Waals surface area contributed by atoms with Gasteiger partial charge >= 0.3 is 0 Å².